The number of hydrogen-bond acceptors (Lipinski definition) is 3. The van der Waals surface area contributed by atoms with E-state index in [0.29, 0.717) is 4.99 Å². The molecule has 1 saturated heterocycles. The van der Waals surface area contributed by atoms with Gasteiger partial charge in [-0.15, -0.1) is 0 Å². The van der Waals surface area contributed by atoms with E-state index in [4.69, 9.17) is 18.0 Å². The highest BCUT2D eigenvalue weighted by Crippen LogP contribution is 2.15. The molecule has 1 aliphatic rings. The molecule has 0 aliphatic carbocycles. The van der Waals surface area contributed by atoms with Crippen molar-refractivity contribution in [3.63, 3.8) is 0 Å². The van der Waals surface area contributed by atoms with E-state index in [0.717, 1.165) is 23.4 Å². The predicted octanol–water partition coefficient (Wildman–Crippen LogP) is 2.53. The van der Waals surface area contributed by atoms with Gasteiger partial charge in [-0.05, 0) is 69.6 Å². The number of benzene rings is 1. The van der Waals surface area contributed by atoms with Crippen molar-refractivity contribution in [1.82, 2.24) is 4.90 Å². The minimum absolute atomic E-state index is 0.470. The van der Waals surface area contributed by atoms with Crippen LogP contribution in [0.25, 0.3) is 0 Å². The highest BCUT2D eigenvalue weighted by molar-refractivity contribution is 7.80. The van der Waals surface area contributed by atoms with Gasteiger partial charge in [0.1, 0.15) is 4.99 Å². The first-order chi connectivity index (χ1) is 9.16. The lowest BCUT2D eigenvalue weighted by molar-refractivity contribution is 0.337. The second-order valence-corrected chi connectivity index (χ2v) is 5.66. The van der Waals surface area contributed by atoms with Gasteiger partial charge in [-0.1, -0.05) is 12.2 Å². The van der Waals surface area contributed by atoms with E-state index in [9.17, 15) is 0 Å². The Labute approximate surface area is 121 Å². The third-order valence-electron chi connectivity index (χ3n) is 3.67. The van der Waals surface area contributed by atoms with Gasteiger partial charge in [0.15, 0.2) is 0 Å². The minimum Gasteiger partial charge on any atom is -0.389 e. The maximum Gasteiger partial charge on any atom is 0.104 e. The summed E-state index contributed by atoms with van der Waals surface area (Å²) < 4.78 is 0. The van der Waals surface area contributed by atoms with Crippen molar-refractivity contribution in [2.45, 2.75) is 26.2 Å². The van der Waals surface area contributed by atoms with Crippen LogP contribution >= 0.6 is 12.2 Å². The Kier molecular flexibility index (Phi) is 5.16. The Morgan fingerprint density at radius 3 is 2.74 bits per heavy atom. The largest absolute Gasteiger partial charge is 0.389 e. The van der Waals surface area contributed by atoms with Crippen molar-refractivity contribution in [2.75, 3.05) is 31.5 Å². The molecule has 0 spiro atoms. The lowest BCUT2D eigenvalue weighted by Crippen LogP contribution is -2.22. The van der Waals surface area contributed by atoms with Crippen LogP contribution in [0.15, 0.2) is 18.2 Å². The zero-order valence-corrected chi connectivity index (χ0v) is 12.4. The fourth-order valence-corrected chi connectivity index (χ4v) is 2.82. The Hall–Kier alpha value is -1.13. The van der Waals surface area contributed by atoms with Crippen LogP contribution < -0.4 is 11.1 Å². The first-order valence-electron chi connectivity index (χ1n) is 7.03. The number of hydrogen-bond donors (Lipinski definition) is 2. The van der Waals surface area contributed by atoms with Gasteiger partial charge in [0.25, 0.3) is 0 Å². The van der Waals surface area contributed by atoms with Crippen LogP contribution in [0, 0.1) is 6.92 Å². The zero-order valence-electron chi connectivity index (χ0n) is 11.6. The number of rotatable bonds is 6. The molecule has 2 rings (SSSR count). The van der Waals surface area contributed by atoms with Gasteiger partial charge in [-0.2, -0.15) is 0 Å². The van der Waals surface area contributed by atoms with Crippen LogP contribution in [0.5, 0.6) is 0 Å². The van der Waals surface area contributed by atoms with Crippen molar-refractivity contribution < 1.29 is 0 Å². The summed E-state index contributed by atoms with van der Waals surface area (Å²) in [6, 6.07) is 6.17. The average molecular weight is 277 g/mol. The summed E-state index contributed by atoms with van der Waals surface area (Å²) in [6.07, 6.45) is 3.93. The third kappa shape index (κ3) is 4.18. The molecular formula is C15H23N3S. The Morgan fingerprint density at radius 2 is 2.11 bits per heavy atom. The van der Waals surface area contributed by atoms with Gasteiger partial charge < -0.3 is 16.0 Å². The molecule has 0 bridgehead atoms. The van der Waals surface area contributed by atoms with E-state index in [-0.39, 0.29) is 0 Å². The summed E-state index contributed by atoms with van der Waals surface area (Å²) >= 11 is 5.01. The molecule has 3 N–H and O–H groups in total. The topological polar surface area (TPSA) is 41.3 Å². The molecule has 1 heterocycles. The zero-order chi connectivity index (χ0) is 13.7. The number of anilines is 1. The maximum atomic E-state index is 5.66. The summed E-state index contributed by atoms with van der Waals surface area (Å²) in [5.41, 5.74) is 8.92. The minimum atomic E-state index is 0.470. The van der Waals surface area contributed by atoms with Gasteiger partial charge in [0, 0.05) is 17.8 Å². The third-order valence-corrected chi connectivity index (χ3v) is 3.89. The number of nitrogens with zero attached hydrogens (tertiary/aromatic N) is 1. The van der Waals surface area contributed by atoms with Crippen LogP contribution in [0.2, 0.25) is 0 Å². The maximum absolute atomic E-state index is 5.66. The Balaban J connectivity index is 1.76. The average Bonchev–Trinajstić information content (AvgIpc) is 2.87. The Bertz CT molecular complexity index is 439. The molecule has 0 atom stereocenters. The highest BCUT2D eigenvalue weighted by atomic mass is 32.1. The molecule has 0 aromatic heterocycles. The monoisotopic (exact) mass is 277 g/mol. The number of likely N-dealkylation sites (tertiary alicyclic amines) is 1. The molecule has 1 aromatic rings. The molecule has 1 aromatic carbocycles. The molecular weight excluding hydrogens is 254 g/mol. The van der Waals surface area contributed by atoms with Gasteiger partial charge in [-0.25, -0.2) is 0 Å². The van der Waals surface area contributed by atoms with Crippen molar-refractivity contribution in [3.8, 4) is 0 Å². The molecule has 3 nitrogen and oxygen atoms in total. The van der Waals surface area contributed by atoms with Crippen molar-refractivity contribution in [2.24, 2.45) is 5.73 Å². The SMILES string of the molecule is Cc1cc(NCCCN2CCCC2)ccc1C(N)=S. The van der Waals surface area contributed by atoms with Gasteiger partial charge in [0.2, 0.25) is 0 Å². The fraction of sp³-hybridized carbons (Fsp3) is 0.533. The van der Waals surface area contributed by atoms with Crippen molar-refractivity contribution >= 4 is 22.9 Å². The summed E-state index contributed by atoms with van der Waals surface area (Å²) in [4.78, 5) is 3.01. The number of thiocarbonyl (C=S) groups is 1. The van der Waals surface area contributed by atoms with Crippen molar-refractivity contribution in [1.29, 1.82) is 0 Å². The number of nitrogens with one attached hydrogen (secondary N) is 1. The van der Waals surface area contributed by atoms with Crippen molar-refractivity contribution in [3.05, 3.63) is 29.3 Å². The van der Waals surface area contributed by atoms with E-state index < -0.39 is 0 Å². The van der Waals surface area contributed by atoms with Crippen LogP contribution in [-0.4, -0.2) is 36.1 Å². The van der Waals surface area contributed by atoms with Gasteiger partial charge in [0.05, 0.1) is 0 Å². The molecule has 0 radical (unpaired) electrons. The molecule has 1 aliphatic heterocycles. The van der Waals surface area contributed by atoms with E-state index >= 15 is 0 Å². The highest BCUT2D eigenvalue weighted by Gasteiger charge is 2.10. The van der Waals surface area contributed by atoms with E-state index in [1.807, 2.05) is 13.0 Å². The van der Waals surface area contributed by atoms with E-state index in [1.165, 1.54) is 38.9 Å². The molecule has 4 heteroatoms. The normalized spacial score (nSPS) is 15.6. The summed E-state index contributed by atoms with van der Waals surface area (Å²) in [5, 5.41) is 3.46. The van der Waals surface area contributed by atoms with Crippen LogP contribution in [-0.2, 0) is 0 Å². The number of aryl methyl sites for hydroxylation is 1. The summed E-state index contributed by atoms with van der Waals surface area (Å²) in [7, 11) is 0. The standard InChI is InChI=1S/C15H23N3S/c1-12-11-13(5-6-14(12)15(16)19)17-7-4-10-18-8-2-3-9-18/h5-6,11,17H,2-4,7-10H2,1H3,(H2,16,19). The Morgan fingerprint density at radius 1 is 1.37 bits per heavy atom. The van der Waals surface area contributed by atoms with Gasteiger partial charge in [-0.3, -0.25) is 0 Å². The lowest BCUT2D eigenvalue weighted by Gasteiger charge is -2.15. The fourth-order valence-electron chi connectivity index (χ4n) is 2.59. The summed E-state index contributed by atoms with van der Waals surface area (Å²) in [5.74, 6) is 0. The smallest absolute Gasteiger partial charge is 0.104 e. The van der Waals surface area contributed by atoms with Crippen LogP contribution in [0.1, 0.15) is 30.4 Å². The quantitative estimate of drug-likeness (QED) is 0.619. The van der Waals surface area contributed by atoms with E-state index in [1.54, 1.807) is 0 Å². The second kappa shape index (κ2) is 6.87. The lowest BCUT2D eigenvalue weighted by atomic mass is 10.1. The molecule has 19 heavy (non-hydrogen) atoms. The van der Waals surface area contributed by atoms with Crippen LogP contribution in [0.4, 0.5) is 5.69 Å². The van der Waals surface area contributed by atoms with E-state index in [2.05, 4.69) is 22.3 Å². The first-order valence-corrected chi connectivity index (χ1v) is 7.44. The molecule has 104 valence electrons. The summed E-state index contributed by atoms with van der Waals surface area (Å²) in [6.45, 7) is 6.83. The number of nitrogens with two attached hydrogens (primary N) is 1. The second-order valence-electron chi connectivity index (χ2n) is 5.22. The first kappa shape index (κ1) is 14.3. The molecule has 0 saturated carbocycles. The van der Waals surface area contributed by atoms with Gasteiger partial charge >= 0.3 is 0 Å². The molecule has 1 fully saturated rings. The molecule has 0 unspecified atom stereocenters. The molecule has 0 amide bonds. The predicted molar refractivity (Wildman–Crippen MR) is 85.8 cm³/mol. The van der Waals surface area contributed by atoms with Crippen LogP contribution in [0.3, 0.4) is 0 Å².